The number of hydrogen-bond acceptors (Lipinski definition) is 4. The van der Waals surface area contributed by atoms with E-state index in [1.165, 1.54) is 25.3 Å². The topological polar surface area (TPSA) is 64.9 Å². The molecule has 0 bridgehead atoms. The molecule has 5 heteroatoms. The average Bonchev–Trinajstić information content (AvgIpc) is 2.97. The van der Waals surface area contributed by atoms with Crippen molar-refractivity contribution in [2.75, 3.05) is 5.73 Å². The molecule has 2 N–H and O–H groups in total. The molecule has 1 aromatic carbocycles. The highest BCUT2D eigenvalue weighted by molar-refractivity contribution is 5.58. The van der Waals surface area contributed by atoms with Crippen molar-refractivity contribution in [3.8, 4) is 11.5 Å². The van der Waals surface area contributed by atoms with Crippen LogP contribution in [0, 0.1) is 11.7 Å². The Bertz CT molecular complexity index is 626. The number of anilines is 1. The number of nitrogens with zero attached hydrogens (tertiary/aromatic N) is 2. The summed E-state index contributed by atoms with van der Waals surface area (Å²) in [6, 6.07) is 4.49. The van der Waals surface area contributed by atoms with Crippen LogP contribution in [0.15, 0.2) is 22.7 Å². The van der Waals surface area contributed by atoms with Gasteiger partial charge in [-0.15, -0.1) is 0 Å². The molecule has 0 radical (unpaired) electrons. The zero-order chi connectivity index (χ0) is 14.8. The summed E-state index contributed by atoms with van der Waals surface area (Å²) in [5.41, 5.74) is 6.25. The van der Waals surface area contributed by atoms with Crippen molar-refractivity contribution in [3.05, 3.63) is 29.8 Å². The number of nitrogens with two attached hydrogens (primary N) is 1. The van der Waals surface area contributed by atoms with Gasteiger partial charge in [0.15, 0.2) is 5.82 Å². The summed E-state index contributed by atoms with van der Waals surface area (Å²) in [7, 11) is 0. The molecule has 1 aliphatic carbocycles. The van der Waals surface area contributed by atoms with Crippen LogP contribution in [0.1, 0.15) is 50.8 Å². The Morgan fingerprint density at radius 3 is 3.00 bits per heavy atom. The molecule has 0 amide bonds. The number of aromatic nitrogens is 2. The van der Waals surface area contributed by atoms with Gasteiger partial charge >= 0.3 is 0 Å². The molecule has 1 heterocycles. The summed E-state index contributed by atoms with van der Waals surface area (Å²) in [6.07, 6.45) is 5.85. The van der Waals surface area contributed by atoms with E-state index in [1.54, 1.807) is 12.1 Å². The molecule has 1 aliphatic rings. The number of rotatable bonds is 3. The summed E-state index contributed by atoms with van der Waals surface area (Å²) >= 11 is 0. The third-order valence-corrected chi connectivity index (χ3v) is 4.39. The lowest BCUT2D eigenvalue weighted by Gasteiger charge is -2.26. The fourth-order valence-corrected chi connectivity index (χ4v) is 3.11. The van der Waals surface area contributed by atoms with Gasteiger partial charge in [0.05, 0.1) is 5.56 Å². The lowest BCUT2D eigenvalue weighted by molar-refractivity contribution is 0.300. The summed E-state index contributed by atoms with van der Waals surface area (Å²) in [5.74, 6) is 1.58. The fourth-order valence-electron chi connectivity index (χ4n) is 3.11. The van der Waals surface area contributed by atoms with Gasteiger partial charge in [-0.2, -0.15) is 4.98 Å². The minimum atomic E-state index is -0.430. The summed E-state index contributed by atoms with van der Waals surface area (Å²) < 4.78 is 19.1. The maximum atomic E-state index is 13.9. The molecule has 2 atom stereocenters. The quantitative estimate of drug-likeness (QED) is 0.862. The molecule has 2 aromatic rings. The monoisotopic (exact) mass is 289 g/mol. The Labute approximate surface area is 123 Å². The lowest BCUT2D eigenvalue weighted by atomic mass is 9.80. The molecule has 112 valence electrons. The highest BCUT2D eigenvalue weighted by Gasteiger charge is 2.26. The van der Waals surface area contributed by atoms with E-state index in [0.717, 1.165) is 18.8 Å². The van der Waals surface area contributed by atoms with Gasteiger partial charge in [0.25, 0.3) is 5.89 Å². The molecule has 4 nitrogen and oxygen atoms in total. The summed E-state index contributed by atoms with van der Waals surface area (Å²) in [4.78, 5) is 4.40. The molecule has 0 spiro atoms. The Morgan fingerprint density at radius 2 is 2.24 bits per heavy atom. The number of halogens is 1. The van der Waals surface area contributed by atoms with Gasteiger partial charge in [-0.3, -0.25) is 0 Å². The Kier molecular flexibility index (Phi) is 3.90. The summed E-state index contributed by atoms with van der Waals surface area (Å²) in [5, 5.41) is 4.06. The number of hydrogen-bond donors (Lipinski definition) is 1. The Balaban J connectivity index is 1.83. The van der Waals surface area contributed by atoms with E-state index in [0.29, 0.717) is 23.0 Å². The highest BCUT2D eigenvalue weighted by Crippen LogP contribution is 2.37. The number of benzene rings is 1. The predicted molar refractivity (Wildman–Crippen MR) is 79.1 cm³/mol. The van der Waals surface area contributed by atoms with Gasteiger partial charge < -0.3 is 10.3 Å². The second-order valence-electron chi connectivity index (χ2n) is 5.83. The zero-order valence-corrected chi connectivity index (χ0v) is 12.2. The van der Waals surface area contributed by atoms with E-state index in [-0.39, 0.29) is 5.89 Å². The van der Waals surface area contributed by atoms with Crippen LogP contribution in [0.4, 0.5) is 10.1 Å². The van der Waals surface area contributed by atoms with E-state index in [1.807, 2.05) is 0 Å². The van der Waals surface area contributed by atoms with Crippen LogP contribution in [-0.4, -0.2) is 10.1 Å². The van der Waals surface area contributed by atoms with Gasteiger partial charge in [0, 0.05) is 11.6 Å². The highest BCUT2D eigenvalue weighted by atomic mass is 19.1. The van der Waals surface area contributed by atoms with Crippen LogP contribution < -0.4 is 5.73 Å². The van der Waals surface area contributed by atoms with Crippen molar-refractivity contribution >= 4 is 5.69 Å². The molecule has 0 aliphatic heterocycles. The standard InChI is InChI=1S/C16H20FN3O/c1-2-10-4-3-5-11(8-10)15-19-16(21-20-15)13-7-6-12(18)9-14(13)17/h6-7,9-11H,2-5,8,18H2,1H3. The van der Waals surface area contributed by atoms with Crippen LogP contribution >= 0.6 is 0 Å². The van der Waals surface area contributed by atoms with E-state index in [4.69, 9.17) is 10.3 Å². The van der Waals surface area contributed by atoms with Crippen molar-refractivity contribution in [1.82, 2.24) is 10.1 Å². The summed E-state index contributed by atoms with van der Waals surface area (Å²) in [6.45, 7) is 2.22. The smallest absolute Gasteiger partial charge is 0.260 e. The van der Waals surface area contributed by atoms with Gasteiger partial charge in [0.2, 0.25) is 0 Å². The van der Waals surface area contributed by atoms with E-state index >= 15 is 0 Å². The molecular weight excluding hydrogens is 269 g/mol. The maximum Gasteiger partial charge on any atom is 0.260 e. The van der Waals surface area contributed by atoms with Crippen LogP contribution in [0.25, 0.3) is 11.5 Å². The molecule has 0 saturated heterocycles. The van der Waals surface area contributed by atoms with Crippen molar-refractivity contribution in [2.24, 2.45) is 5.92 Å². The molecular formula is C16H20FN3O. The van der Waals surface area contributed by atoms with Crippen molar-refractivity contribution in [3.63, 3.8) is 0 Å². The molecule has 3 rings (SSSR count). The molecule has 2 unspecified atom stereocenters. The van der Waals surface area contributed by atoms with Gasteiger partial charge in [0.1, 0.15) is 5.82 Å². The third-order valence-electron chi connectivity index (χ3n) is 4.39. The Morgan fingerprint density at radius 1 is 1.38 bits per heavy atom. The van der Waals surface area contributed by atoms with Crippen LogP contribution in [-0.2, 0) is 0 Å². The predicted octanol–water partition coefficient (Wildman–Crippen LogP) is 4.14. The zero-order valence-electron chi connectivity index (χ0n) is 12.2. The first-order valence-electron chi connectivity index (χ1n) is 7.56. The average molecular weight is 289 g/mol. The fraction of sp³-hybridized carbons (Fsp3) is 0.500. The molecule has 1 saturated carbocycles. The van der Waals surface area contributed by atoms with E-state index < -0.39 is 5.82 Å². The van der Waals surface area contributed by atoms with Gasteiger partial charge in [-0.25, -0.2) is 4.39 Å². The molecule has 21 heavy (non-hydrogen) atoms. The third kappa shape index (κ3) is 2.91. The van der Waals surface area contributed by atoms with Crippen molar-refractivity contribution in [2.45, 2.75) is 44.9 Å². The van der Waals surface area contributed by atoms with Crippen LogP contribution in [0.3, 0.4) is 0 Å². The van der Waals surface area contributed by atoms with Crippen LogP contribution in [0.2, 0.25) is 0 Å². The maximum absolute atomic E-state index is 13.9. The second-order valence-corrected chi connectivity index (χ2v) is 5.83. The van der Waals surface area contributed by atoms with Gasteiger partial charge in [-0.1, -0.05) is 31.3 Å². The number of nitrogen functional groups attached to an aromatic ring is 1. The minimum absolute atomic E-state index is 0.237. The van der Waals surface area contributed by atoms with Crippen LogP contribution in [0.5, 0.6) is 0 Å². The molecule has 1 aromatic heterocycles. The largest absolute Gasteiger partial charge is 0.399 e. The first kappa shape index (κ1) is 14.0. The molecule has 1 fully saturated rings. The van der Waals surface area contributed by atoms with E-state index in [2.05, 4.69) is 17.1 Å². The minimum Gasteiger partial charge on any atom is -0.399 e. The lowest BCUT2D eigenvalue weighted by Crippen LogP contribution is -2.14. The SMILES string of the molecule is CCC1CCCC(c2noc(-c3ccc(N)cc3F)n2)C1. The Hall–Kier alpha value is -1.91. The van der Waals surface area contributed by atoms with E-state index in [9.17, 15) is 4.39 Å². The first-order chi connectivity index (χ1) is 10.2. The second kappa shape index (κ2) is 5.84. The normalized spacial score (nSPS) is 22.4. The first-order valence-corrected chi connectivity index (χ1v) is 7.56. The van der Waals surface area contributed by atoms with Crippen molar-refractivity contribution in [1.29, 1.82) is 0 Å². The van der Waals surface area contributed by atoms with Crippen molar-refractivity contribution < 1.29 is 8.91 Å². The van der Waals surface area contributed by atoms with Gasteiger partial charge in [-0.05, 0) is 37.0 Å².